The molecule has 1 aliphatic rings. The molecule has 0 spiro atoms. The van der Waals surface area contributed by atoms with Crippen LogP contribution in [0.3, 0.4) is 0 Å². The molecule has 158 valence electrons. The lowest BCUT2D eigenvalue weighted by Gasteiger charge is -2.42. The zero-order valence-electron chi connectivity index (χ0n) is 17.3. The molecule has 0 aliphatic carbocycles. The zero-order valence-corrected chi connectivity index (χ0v) is 17.3. The lowest BCUT2D eigenvalue weighted by molar-refractivity contribution is -0.141. The van der Waals surface area contributed by atoms with E-state index in [0.29, 0.717) is 13.0 Å². The van der Waals surface area contributed by atoms with Gasteiger partial charge in [0, 0.05) is 45.1 Å². The third kappa shape index (κ3) is 5.06. The smallest absolute Gasteiger partial charge is 0.303 e. The van der Waals surface area contributed by atoms with Crippen molar-refractivity contribution in [1.82, 2.24) is 14.3 Å². The van der Waals surface area contributed by atoms with E-state index in [4.69, 9.17) is 5.11 Å². The summed E-state index contributed by atoms with van der Waals surface area (Å²) in [7, 11) is 1.67. The number of likely N-dealkylation sites (N-methyl/N-ethyl adjacent to an activating group) is 1. The number of carbonyl (C=O) groups is 2. The van der Waals surface area contributed by atoms with Gasteiger partial charge in [0.2, 0.25) is 5.91 Å². The molecule has 1 atom stereocenters. The van der Waals surface area contributed by atoms with Crippen molar-refractivity contribution in [3.63, 3.8) is 0 Å². The average molecular weight is 402 g/mol. The van der Waals surface area contributed by atoms with Crippen LogP contribution >= 0.6 is 0 Å². The fourth-order valence-electron chi connectivity index (χ4n) is 4.17. The topological polar surface area (TPSA) is 98.4 Å². The third-order valence-electron chi connectivity index (χ3n) is 5.50. The van der Waals surface area contributed by atoms with Gasteiger partial charge in [-0.1, -0.05) is 13.8 Å². The van der Waals surface area contributed by atoms with Gasteiger partial charge < -0.3 is 24.4 Å². The van der Waals surface area contributed by atoms with Gasteiger partial charge in [0.05, 0.1) is 24.1 Å². The molecule has 3 rings (SSSR count). The molecule has 2 aromatic rings. The van der Waals surface area contributed by atoms with Crippen LogP contribution in [-0.4, -0.2) is 68.7 Å². The van der Waals surface area contributed by atoms with Crippen LogP contribution in [0.5, 0.6) is 0 Å². The molecule has 1 amide bonds. The third-order valence-corrected chi connectivity index (χ3v) is 5.50. The molecule has 3 heterocycles. The van der Waals surface area contributed by atoms with Crippen LogP contribution < -0.4 is 4.90 Å². The summed E-state index contributed by atoms with van der Waals surface area (Å²) in [5.74, 6) is -0.250. The zero-order chi connectivity index (χ0) is 21.2. The first kappa shape index (κ1) is 21.1. The van der Waals surface area contributed by atoms with Crippen LogP contribution in [0.4, 0.5) is 5.82 Å². The van der Waals surface area contributed by atoms with E-state index in [1.807, 2.05) is 28.9 Å². The number of carboxylic acid groups (broad SMARTS) is 1. The maximum atomic E-state index is 12.6. The second-order valence-electron chi connectivity index (χ2n) is 8.96. The molecule has 1 saturated heterocycles. The number of aromatic nitrogens is 2. The summed E-state index contributed by atoms with van der Waals surface area (Å²) in [6.45, 7) is 4.93. The van der Waals surface area contributed by atoms with E-state index in [0.717, 1.165) is 24.3 Å². The molecular formula is C21H30N4O4. The predicted molar refractivity (Wildman–Crippen MR) is 110 cm³/mol. The maximum Gasteiger partial charge on any atom is 0.303 e. The highest BCUT2D eigenvalue weighted by Crippen LogP contribution is 2.30. The van der Waals surface area contributed by atoms with Gasteiger partial charge in [-0.15, -0.1) is 0 Å². The Balaban J connectivity index is 1.67. The number of piperidine rings is 1. The van der Waals surface area contributed by atoms with Crippen molar-refractivity contribution >= 4 is 23.2 Å². The van der Waals surface area contributed by atoms with E-state index in [2.05, 4.69) is 9.88 Å². The van der Waals surface area contributed by atoms with Crippen molar-refractivity contribution in [2.45, 2.75) is 45.1 Å². The van der Waals surface area contributed by atoms with Gasteiger partial charge >= 0.3 is 5.97 Å². The SMILES string of the molecule is CN(CC1(O)CCCN(c2nccn3cccc23)C1)C(=O)CC(C)(C)CC(=O)O. The molecule has 0 aromatic carbocycles. The Morgan fingerprint density at radius 2 is 2.07 bits per heavy atom. The summed E-state index contributed by atoms with van der Waals surface area (Å²) in [4.78, 5) is 31.8. The number of carboxylic acids is 1. The monoisotopic (exact) mass is 402 g/mol. The van der Waals surface area contributed by atoms with Crippen LogP contribution in [0.15, 0.2) is 30.7 Å². The molecule has 29 heavy (non-hydrogen) atoms. The molecule has 0 bridgehead atoms. The number of hydrogen-bond donors (Lipinski definition) is 2. The van der Waals surface area contributed by atoms with Gasteiger partial charge in [0.15, 0.2) is 5.82 Å². The van der Waals surface area contributed by atoms with Gasteiger partial charge in [-0.3, -0.25) is 9.59 Å². The van der Waals surface area contributed by atoms with E-state index in [-0.39, 0.29) is 25.3 Å². The van der Waals surface area contributed by atoms with Crippen LogP contribution in [0.25, 0.3) is 5.52 Å². The lowest BCUT2D eigenvalue weighted by Crippen LogP contribution is -2.55. The second kappa shape index (κ2) is 8.02. The summed E-state index contributed by atoms with van der Waals surface area (Å²) >= 11 is 0. The van der Waals surface area contributed by atoms with Crippen molar-refractivity contribution in [3.05, 3.63) is 30.7 Å². The van der Waals surface area contributed by atoms with Gasteiger partial charge in [-0.25, -0.2) is 4.98 Å². The molecule has 8 nitrogen and oxygen atoms in total. The van der Waals surface area contributed by atoms with Crippen molar-refractivity contribution in [2.75, 3.05) is 31.6 Å². The molecule has 8 heteroatoms. The number of aliphatic carboxylic acids is 1. The number of carbonyl (C=O) groups excluding carboxylic acids is 1. The Morgan fingerprint density at radius 3 is 2.79 bits per heavy atom. The molecule has 1 fully saturated rings. The summed E-state index contributed by atoms with van der Waals surface area (Å²) in [6.07, 6.45) is 7.05. The van der Waals surface area contributed by atoms with Crippen LogP contribution in [0.2, 0.25) is 0 Å². The first-order valence-electron chi connectivity index (χ1n) is 9.93. The number of β-amino-alcohol motifs (C(OH)–C–C–N with tert-alkyl or cyclic N) is 1. The lowest BCUT2D eigenvalue weighted by atomic mass is 9.85. The highest BCUT2D eigenvalue weighted by atomic mass is 16.4. The fraction of sp³-hybridized carbons (Fsp3) is 0.571. The van der Waals surface area contributed by atoms with Crippen molar-refractivity contribution in [2.24, 2.45) is 5.41 Å². The highest BCUT2D eigenvalue weighted by Gasteiger charge is 2.37. The van der Waals surface area contributed by atoms with Crippen molar-refractivity contribution in [3.8, 4) is 0 Å². The molecule has 1 unspecified atom stereocenters. The Kier molecular flexibility index (Phi) is 5.84. The molecular weight excluding hydrogens is 372 g/mol. The number of anilines is 1. The van der Waals surface area contributed by atoms with Gasteiger partial charge in [-0.05, 0) is 30.4 Å². The average Bonchev–Trinajstić information content (AvgIpc) is 3.08. The van der Waals surface area contributed by atoms with E-state index in [1.165, 1.54) is 4.90 Å². The minimum Gasteiger partial charge on any atom is -0.481 e. The molecule has 0 saturated carbocycles. The molecule has 0 radical (unpaired) electrons. The molecule has 2 N–H and O–H groups in total. The first-order valence-corrected chi connectivity index (χ1v) is 9.93. The van der Waals surface area contributed by atoms with Crippen LogP contribution in [-0.2, 0) is 9.59 Å². The van der Waals surface area contributed by atoms with E-state index >= 15 is 0 Å². The minimum atomic E-state index is -1.04. The molecule has 1 aliphatic heterocycles. The Labute approximate surface area is 170 Å². The van der Waals surface area contributed by atoms with Gasteiger partial charge in [0.1, 0.15) is 0 Å². The summed E-state index contributed by atoms with van der Waals surface area (Å²) in [5.41, 5.74) is -0.690. The fourth-order valence-corrected chi connectivity index (χ4v) is 4.17. The summed E-state index contributed by atoms with van der Waals surface area (Å²) < 4.78 is 2.00. The quantitative estimate of drug-likeness (QED) is 0.735. The second-order valence-corrected chi connectivity index (χ2v) is 8.96. The van der Waals surface area contributed by atoms with Crippen LogP contribution in [0.1, 0.15) is 39.5 Å². The Hall–Kier alpha value is -2.61. The summed E-state index contributed by atoms with van der Waals surface area (Å²) in [5, 5.41) is 20.2. The van der Waals surface area contributed by atoms with Gasteiger partial charge in [-0.2, -0.15) is 0 Å². The number of amides is 1. The largest absolute Gasteiger partial charge is 0.481 e. The predicted octanol–water partition coefficient (Wildman–Crippen LogP) is 2.01. The highest BCUT2D eigenvalue weighted by molar-refractivity contribution is 5.78. The number of rotatable bonds is 7. The van der Waals surface area contributed by atoms with Crippen molar-refractivity contribution < 1.29 is 19.8 Å². The minimum absolute atomic E-state index is 0.0718. The van der Waals surface area contributed by atoms with E-state index in [9.17, 15) is 14.7 Å². The maximum absolute atomic E-state index is 12.6. The summed E-state index contributed by atoms with van der Waals surface area (Å²) in [6, 6.07) is 3.96. The standard InChI is InChI=1S/C21H30N4O4/c1-20(2,13-18(27)28)12-17(26)23(3)14-21(29)7-5-10-25(15-21)19-16-6-4-9-24(16)11-8-22-19/h4,6,8-9,11,29H,5,7,10,12-15H2,1-3H3,(H,27,28). The van der Waals surface area contributed by atoms with Gasteiger partial charge in [0.25, 0.3) is 0 Å². The number of fused-ring (bicyclic) bond motifs is 1. The number of aliphatic hydroxyl groups is 1. The van der Waals surface area contributed by atoms with Crippen LogP contribution in [0, 0.1) is 5.41 Å². The Bertz CT molecular complexity index is 894. The first-order chi connectivity index (χ1) is 13.6. The van der Waals surface area contributed by atoms with E-state index < -0.39 is 17.0 Å². The number of hydrogen-bond acceptors (Lipinski definition) is 5. The van der Waals surface area contributed by atoms with E-state index in [1.54, 1.807) is 27.1 Å². The Morgan fingerprint density at radius 1 is 1.31 bits per heavy atom. The van der Waals surface area contributed by atoms with Crippen molar-refractivity contribution in [1.29, 1.82) is 0 Å². The normalized spacial score (nSPS) is 20.1. The number of nitrogens with zero attached hydrogens (tertiary/aromatic N) is 4. The molecule has 2 aromatic heterocycles.